The Balaban J connectivity index is 2.00. The van der Waals surface area contributed by atoms with Gasteiger partial charge in [0.15, 0.2) is 0 Å². The first-order valence-corrected chi connectivity index (χ1v) is 7.73. The van der Waals surface area contributed by atoms with Crippen LogP contribution >= 0.6 is 0 Å². The number of ether oxygens (including phenoxy) is 1. The van der Waals surface area contributed by atoms with Gasteiger partial charge in [0, 0.05) is 12.3 Å². The summed E-state index contributed by atoms with van der Waals surface area (Å²) in [5.41, 5.74) is -0.875. The molecule has 1 fully saturated rings. The van der Waals surface area contributed by atoms with E-state index in [4.69, 9.17) is 4.74 Å². The van der Waals surface area contributed by atoms with Crippen molar-refractivity contribution in [3.8, 4) is 0 Å². The van der Waals surface area contributed by atoms with Gasteiger partial charge in [0.2, 0.25) is 0 Å². The lowest BCUT2D eigenvalue weighted by Crippen LogP contribution is -2.31. The van der Waals surface area contributed by atoms with Crippen LogP contribution in [-0.4, -0.2) is 27.4 Å². The summed E-state index contributed by atoms with van der Waals surface area (Å²) in [7, 11) is 0. The van der Waals surface area contributed by atoms with Gasteiger partial charge < -0.3 is 9.84 Å². The van der Waals surface area contributed by atoms with Gasteiger partial charge in [-0.15, -0.1) is 0 Å². The van der Waals surface area contributed by atoms with Crippen LogP contribution in [0.5, 0.6) is 0 Å². The summed E-state index contributed by atoms with van der Waals surface area (Å²) in [5, 5.41) is 9.45. The lowest BCUT2D eigenvalue weighted by atomic mass is 9.94. The first-order chi connectivity index (χ1) is 10.2. The van der Waals surface area contributed by atoms with Crippen LogP contribution in [-0.2, 0) is 4.74 Å². The van der Waals surface area contributed by atoms with Crippen LogP contribution in [0.2, 0.25) is 0 Å². The second kappa shape index (κ2) is 7.56. The Labute approximate surface area is 123 Å². The number of nitrogens with one attached hydrogen (secondary N) is 1. The molecule has 0 spiro atoms. The smallest absolute Gasteiger partial charge is 0.330 e. The number of hydrogen-bond donors (Lipinski definition) is 2. The molecule has 1 saturated heterocycles. The molecule has 6 nitrogen and oxygen atoms in total. The fourth-order valence-electron chi connectivity index (χ4n) is 2.94. The molecular weight excluding hydrogens is 272 g/mol. The molecule has 0 aliphatic carbocycles. The zero-order valence-electron chi connectivity index (χ0n) is 12.5. The number of aliphatic hydroxyl groups is 1. The van der Waals surface area contributed by atoms with Crippen molar-refractivity contribution in [1.29, 1.82) is 0 Å². The Bertz CT molecular complexity index is 551. The molecule has 2 N–H and O–H groups in total. The maximum Gasteiger partial charge on any atom is 0.330 e. The monoisotopic (exact) mass is 296 g/mol. The summed E-state index contributed by atoms with van der Waals surface area (Å²) >= 11 is 0. The van der Waals surface area contributed by atoms with Crippen molar-refractivity contribution in [3.05, 3.63) is 33.1 Å². The van der Waals surface area contributed by atoms with Gasteiger partial charge in [-0.1, -0.05) is 32.6 Å². The number of H-pyrrole nitrogens is 1. The van der Waals surface area contributed by atoms with Crippen molar-refractivity contribution in [2.24, 2.45) is 5.92 Å². The average molecular weight is 296 g/mol. The van der Waals surface area contributed by atoms with E-state index < -0.39 is 17.5 Å². The number of unbranched alkanes of at least 4 members (excludes halogenated alkanes) is 3. The summed E-state index contributed by atoms with van der Waals surface area (Å²) in [6.45, 7) is 2.14. The maximum atomic E-state index is 11.8. The molecule has 0 saturated carbocycles. The van der Waals surface area contributed by atoms with Gasteiger partial charge in [-0.05, 0) is 18.8 Å². The Morgan fingerprint density at radius 1 is 1.38 bits per heavy atom. The molecule has 0 aromatic carbocycles. The third kappa shape index (κ3) is 4.04. The van der Waals surface area contributed by atoms with Crippen molar-refractivity contribution < 1.29 is 9.84 Å². The number of nitrogens with zero attached hydrogens (tertiary/aromatic N) is 1. The molecule has 0 unspecified atom stereocenters. The Morgan fingerprint density at radius 2 is 2.19 bits per heavy atom. The molecule has 2 rings (SSSR count). The van der Waals surface area contributed by atoms with E-state index in [1.165, 1.54) is 36.1 Å². The molecule has 2 heterocycles. The minimum absolute atomic E-state index is 0.0347. The predicted octanol–water partition coefficient (Wildman–Crippen LogP) is 1.40. The van der Waals surface area contributed by atoms with E-state index in [0.717, 1.165) is 12.8 Å². The van der Waals surface area contributed by atoms with Crippen LogP contribution in [0.4, 0.5) is 0 Å². The highest BCUT2D eigenvalue weighted by Crippen LogP contribution is 2.35. The molecule has 1 aliphatic heterocycles. The quantitative estimate of drug-likeness (QED) is 0.745. The van der Waals surface area contributed by atoms with Crippen LogP contribution < -0.4 is 11.2 Å². The first kappa shape index (κ1) is 16.0. The van der Waals surface area contributed by atoms with Gasteiger partial charge in [-0.3, -0.25) is 14.3 Å². The molecule has 0 radical (unpaired) electrons. The van der Waals surface area contributed by atoms with Crippen LogP contribution in [0.1, 0.15) is 51.7 Å². The molecule has 118 valence electrons. The number of aromatic amines is 1. The van der Waals surface area contributed by atoms with E-state index in [1.54, 1.807) is 0 Å². The van der Waals surface area contributed by atoms with Crippen molar-refractivity contribution in [3.63, 3.8) is 0 Å². The highest BCUT2D eigenvalue weighted by Gasteiger charge is 2.35. The summed E-state index contributed by atoms with van der Waals surface area (Å²) in [6, 6.07) is 1.31. The maximum absolute atomic E-state index is 11.8. The second-order valence-corrected chi connectivity index (χ2v) is 5.67. The first-order valence-electron chi connectivity index (χ1n) is 7.73. The van der Waals surface area contributed by atoms with Gasteiger partial charge in [0.1, 0.15) is 6.23 Å². The zero-order valence-corrected chi connectivity index (χ0v) is 12.5. The molecule has 21 heavy (non-hydrogen) atoms. The Hall–Kier alpha value is -1.40. The molecule has 3 atom stereocenters. The molecule has 0 amide bonds. The van der Waals surface area contributed by atoms with Gasteiger partial charge in [-0.2, -0.15) is 0 Å². The summed E-state index contributed by atoms with van der Waals surface area (Å²) in [4.78, 5) is 25.1. The third-order valence-corrected chi connectivity index (χ3v) is 4.13. The highest BCUT2D eigenvalue weighted by molar-refractivity contribution is 4.88. The summed E-state index contributed by atoms with van der Waals surface area (Å²) in [6.07, 6.45) is 7.25. The number of aliphatic hydroxyl groups excluding tert-OH is 1. The molecular formula is C15H24N2O4. The summed E-state index contributed by atoms with van der Waals surface area (Å²) < 4.78 is 7.18. The van der Waals surface area contributed by atoms with E-state index in [0.29, 0.717) is 6.42 Å². The van der Waals surface area contributed by atoms with E-state index in [9.17, 15) is 14.7 Å². The van der Waals surface area contributed by atoms with Crippen LogP contribution in [0, 0.1) is 5.92 Å². The number of hydrogen-bond acceptors (Lipinski definition) is 4. The van der Waals surface area contributed by atoms with Crippen molar-refractivity contribution in [2.75, 3.05) is 6.61 Å². The van der Waals surface area contributed by atoms with Gasteiger partial charge in [0.05, 0.1) is 12.7 Å². The number of aromatic nitrogens is 2. The zero-order chi connectivity index (χ0) is 15.2. The molecule has 1 aromatic heterocycles. The predicted molar refractivity (Wildman–Crippen MR) is 79.2 cm³/mol. The average Bonchev–Trinajstić information content (AvgIpc) is 2.86. The van der Waals surface area contributed by atoms with Gasteiger partial charge in [-0.25, -0.2) is 4.79 Å². The van der Waals surface area contributed by atoms with E-state index >= 15 is 0 Å². The fourth-order valence-corrected chi connectivity index (χ4v) is 2.94. The largest absolute Gasteiger partial charge is 0.394 e. The molecule has 1 aliphatic rings. The lowest BCUT2D eigenvalue weighted by molar-refractivity contribution is -0.0333. The van der Waals surface area contributed by atoms with Crippen LogP contribution in [0.3, 0.4) is 0 Å². The highest BCUT2D eigenvalue weighted by atomic mass is 16.5. The molecule has 0 bridgehead atoms. The van der Waals surface area contributed by atoms with Gasteiger partial charge >= 0.3 is 5.69 Å². The topological polar surface area (TPSA) is 84.3 Å². The number of rotatable bonds is 7. The van der Waals surface area contributed by atoms with E-state index in [2.05, 4.69) is 11.9 Å². The van der Waals surface area contributed by atoms with Gasteiger partial charge in [0.25, 0.3) is 5.56 Å². The van der Waals surface area contributed by atoms with Crippen LogP contribution in [0.25, 0.3) is 0 Å². The molecule has 6 heteroatoms. The lowest BCUT2D eigenvalue weighted by Gasteiger charge is -2.15. The molecule has 1 aromatic rings. The Kier molecular flexibility index (Phi) is 5.76. The standard InChI is InChI=1S/C15H24N2O4/c1-2-3-4-5-6-11-9-14(21-12(11)10-18)17-8-7-13(19)16-15(17)20/h7-8,11-12,14,18H,2-6,9-10H2,1H3,(H,16,19,20)/t11-,12+,14+/m0/s1. The second-order valence-electron chi connectivity index (χ2n) is 5.67. The normalized spacial score (nSPS) is 25.3. The van der Waals surface area contributed by atoms with Crippen molar-refractivity contribution in [2.45, 2.75) is 57.8 Å². The Morgan fingerprint density at radius 3 is 2.86 bits per heavy atom. The van der Waals surface area contributed by atoms with E-state index in [1.807, 2.05) is 0 Å². The summed E-state index contributed by atoms with van der Waals surface area (Å²) in [5.74, 6) is 0.260. The van der Waals surface area contributed by atoms with Crippen LogP contribution in [0.15, 0.2) is 21.9 Å². The minimum atomic E-state index is -0.462. The minimum Gasteiger partial charge on any atom is -0.394 e. The third-order valence-electron chi connectivity index (χ3n) is 4.13. The fraction of sp³-hybridized carbons (Fsp3) is 0.733. The SMILES string of the molecule is CCCCCC[C@H]1C[C@H](n2ccc(=O)[nH]c2=O)O[C@@H]1CO. The van der Waals surface area contributed by atoms with Crippen molar-refractivity contribution >= 4 is 0 Å². The van der Waals surface area contributed by atoms with E-state index in [-0.39, 0.29) is 18.6 Å². The van der Waals surface area contributed by atoms with Crippen molar-refractivity contribution in [1.82, 2.24) is 9.55 Å².